The lowest BCUT2D eigenvalue weighted by atomic mass is 10.1. The smallest absolute Gasteiger partial charge is 0.305 e. The van der Waals surface area contributed by atoms with Gasteiger partial charge in [0.05, 0.1) is 25.7 Å². The highest BCUT2D eigenvalue weighted by atomic mass is 16.5. The number of morpholine rings is 1. The molecule has 5 nitrogen and oxygen atoms in total. The van der Waals surface area contributed by atoms with Crippen LogP contribution in [0.15, 0.2) is 0 Å². The number of amides is 1. The number of carbonyl (C=O) groups excluding carboxylic acids is 1. The molecule has 2 atom stereocenters. The van der Waals surface area contributed by atoms with Crippen LogP contribution < -0.4 is 0 Å². The van der Waals surface area contributed by atoms with Crippen LogP contribution >= 0.6 is 0 Å². The lowest BCUT2D eigenvalue weighted by molar-refractivity contribution is -0.147. The number of aliphatic carboxylic acids is 1. The van der Waals surface area contributed by atoms with E-state index in [-0.39, 0.29) is 29.7 Å². The van der Waals surface area contributed by atoms with E-state index in [0.29, 0.717) is 19.8 Å². The Balaban J connectivity index is 2.01. The molecule has 1 saturated carbocycles. The van der Waals surface area contributed by atoms with Gasteiger partial charge < -0.3 is 14.7 Å². The van der Waals surface area contributed by atoms with Crippen molar-refractivity contribution in [2.75, 3.05) is 19.8 Å². The van der Waals surface area contributed by atoms with Gasteiger partial charge in [-0.15, -0.1) is 0 Å². The molecular weight excluding hydrogens is 222 g/mol. The van der Waals surface area contributed by atoms with Gasteiger partial charge in [-0.25, -0.2) is 0 Å². The first-order valence-corrected chi connectivity index (χ1v) is 6.02. The van der Waals surface area contributed by atoms with Gasteiger partial charge >= 0.3 is 5.97 Å². The van der Waals surface area contributed by atoms with Gasteiger partial charge in [0.15, 0.2) is 0 Å². The molecule has 0 spiro atoms. The van der Waals surface area contributed by atoms with Gasteiger partial charge in [-0.3, -0.25) is 9.59 Å². The van der Waals surface area contributed by atoms with E-state index in [9.17, 15) is 9.59 Å². The summed E-state index contributed by atoms with van der Waals surface area (Å²) in [4.78, 5) is 24.7. The standard InChI is InChI=1S/C12H19NO4/c1-12(2)6-9(12)11(16)13-3-4-17-7-8(13)5-10(14)15/h8-9H,3-7H2,1-2H3,(H,14,15)/t8-,9+/m0/s1. The van der Waals surface area contributed by atoms with Gasteiger partial charge in [-0.05, 0) is 11.8 Å². The first kappa shape index (κ1) is 12.4. The largest absolute Gasteiger partial charge is 0.481 e. The summed E-state index contributed by atoms with van der Waals surface area (Å²) in [5.41, 5.74) is 0.0865. The topological polar surface area (TPSA) is 66.8 Å². The second kappa shape index (κ2) is 4.29. The Bertz CT molecular complexity index is 339. The highest BCUT2D eigenvalue weighted by molar-refractivity contribution is 5.83. The van der Waals surface area contributed by atoms with Crippen LogP contribution in [-0.2, 0) is 14.3 Å². The van der Waals surface area contributed by atoms with E-state index in [1.54, 1.807) is 4.90 Å². The second-order valence-corrected chi connectivity index (χ2v) is 5.60. The number of carboxylic acids is 1. The van der Waals surface area contributed by atoms with Crippen LogP contribution in [0.4, 0.5) is 0 Å². The third-order valence-corrected chi connectivity index (χ3v) is 3.73. The number of nitrogens with zero attached hydrogens (tertiary/aromatic N) is 1. The fourth-order valence-electron chi connectivity index (χ4n) is 2.40. The minimum absolute atomic E-state index is 0.0289. The summed E-state index contributed by atoms with van der Waals surface area (Å²) in [5, 5.41) is 8.83. The number of carbonyl (C=O) groups is 2. The third-order valence-electron chi connectivity index (χ3n) is 3.73. The molecule has 0 aromatic heterocycles. The predicted molar refractivity (Wildman–Crippen MR) is 60.5 cm³/mol. The van der Waals surface area contributed by atoms with Gasteiger partial charge in [-0.2, -0.15) is 0 Å². The molecule has 5 heteroatoms. The Morgan fingerprint density at radius 3 is 2.65 bits per heavy atom. The fourth-order valence-corrected chi connectivity index (χ4v) is 2.40. The Hall–Kier alpha value is -1.10. The first-order chi connectivity index (χ1) is 7.92. The third kappa shape index (κ3) is 2.60. The molecule has 17 heavy (non-hydrogen) atoms. The van der Waals surface area contributed by atoms with Crippen molar-refractivity contribution in [3.63, 3.8) is 0 Å². The van der Waals surface area contributed by atoms with E-state index in [2.05, 4.69) is 13.8 Å². The second-order valence-electron chi connectivity index (χ2n) is 5.60. The van der Waals surface area contributed by atoms with Crippen LogP contribution in [0.1, 0.15) is 26.7 Å². The highest BCUT2D eigenvalue weighted by Gasteiger charge is 2.52. The molecule has 0 unspecified atom stereocenters. The van der Waals surface area contributed by atoms with Crippen LogP contribution in [0.3, 0.4) is 0 Å². The van der Waals surface area contributed by atoms with Gasteiger partial charge in [0, 0.05) is 12.5 Å². The van der Waals surface area contributed by atoms with Crippen molar-refractivity contribution in [1.29, 1.82) is 0 Å². The molecule has 1 heterocycles. The Morgan fingerprint density at radius 2 is 2.12 bits per heavy atom. The van der Waals surface area contributed by atoms with Crippen LogP contribution in [-0.4, -0.2) is 47.7 Å². The lowest BCUT2D eigenvalue weighted by Gasteiger charge is -2.35. The van der Waals surface area contributed by atoms with Gasteiger partial charge in [-0.1, -0.05) is 13.8 Å². The number of hydrogen-bond acceptors (Lipinski definition) is 3. The molecule has 0 radical (unpaired) electrons. The summed E-state index contributed by atoms with van der Waals surface area (Å²) < 4.78 is 5.26. The zero-order valence-corrected chi connectivity index (χ0v) is 10.3. The van der Waals surface area contributed by atoms with E-state index >= 15 is 0 Å². The molecule has 1 N–H and O–H groups in total. The number of ether oxygens (including phenoxy) is 1. The molecule has 1 amide bonds. The summed E-state index contributed by atoms with van der Waals surface area (Å²) in [6.45, 7) is 5.51. The lowest BCUT2D eigenvalue weighted by Crippen LogP contribution is -2.50. The minimum atomic E-state index is -0.881. The maximum atomic E-state index is 12.2. The predicted octanol–water partition coefficient (Wildman–Crippen LogP) is 0.735. The van der Waals surface area contributed by atoms with Crippen molar-refractivity contribution in [3.05, 3.63) is 0 Å². The molecule has 2 fully saturated rings. The molecular formula is C12H19NO4. The summed E-state index contributed by atoms with van der Waals surface area (Å²) in [6.07, 6.45) is 0.877. The maximum Gasteiger partial charge on any atom is 0.305 e. The van der Waals surface area contributed by atoms with Crippen molar-refractivity contribution in [2.45, 2.75) is 32.7 Å². The average molecular weight is 241 g/mol. The summed E-state index contributed by atoms with van der Waals surface area (Å²) >= 11 is 0. The molecule has 1 aliphatic heterocycles. The van der Waals surface area contributed by atoms with E-state index in [1.165, 1.54) is 0 Å². The quantitative estimate of drug-likeness (QED) is 0.791. The molecule has 2 rings (SSSR count). The molecule has 0 aromatic carbocycles. The highest BCUT2D eigenvalue weighted by Crippen LogP contribution is 2.52. The zero-order chi connectivity index (χ0) is 12.6. The summed E-state index contributed by atoms with van der Waals surface area (Å²) in [6, 6.07) is -0.301. The SMILES string of the molecule is CC1(C)C[C@@H]1C(=O)N1CCOC[C@@H]1CC(=O)O. The average Bonchev–Trinajstić information content (AvgIpc) is 2.87. The molecule has 0 aromatic rings. The monoisotopic (exact) mass is 241 g/mol. The summed E-state index contributed by atoms with van der Waals surface area (Å²) in [7, 11) is 0. The number of carboxylic acid groups (broad SMARTS) is 1. The van der Waals surface area contributed by atoms with Gasteiger partial charge in [0.25, 0.3) is 0 Å². The normalized spacial score (nSPS) is 31.1. The molecule has 96 valence electrons. The van der Waals surface area contributed by atoms with Crippen LogP contribution in [0.2, 0.25) is 0 Å². The maximum absolute atomic E-state index is 12.2. The van der Waals surface area contributed by atoms with E-state index < -0.39 is 5.97 Å². The van der Waals surface area contributed by atoms with Crippen molar-refractivity contribution in [1.82, 2.24) is 4.90 Å². The molecule has 1 saturated heterocycles. The van der Waals surface area contributed by atoms with Gasteiger partial charge in [0.1, 0.15) is 0 Å². The van der Waals surface area contributed by atoms with Crippen LogP contribution in [0.5, 0.6) is 0 Å². The van der Waals surface area contributed by atoms with E-state index in [4.69, 9.17) is 9.84 Å². The Morgan fingerprint density at radius 1 is 1.47 bits per heavy atom. The van der Waals surface area contributed by atoms with Gasteiger partial charge in [0.2, 0.25) is 5.91 Å². The Kier molecular flexibility index (Phi) is 3.12. The van der Waals surface area contributed by atoms with Crippen molar-refractivity contribution >= 4 is 11.9 Å². The summed E-state index contributed by atoms with van der Waals surface area (Å²) in [5.74, 6) is -0.713. The molecule has 0 bridgehead atoms. The first-order valence-electron chi connectivity index (χ1n) is 6.02. The minimum Gasteiger partial charge on any atom is -0.481 e. The molecule has 2 aliphatic rings. The molecule has 1 aliphatic carbocycles. The van der Waals surface area contributed by atoms with Crippen molar-refractivity contribution in [2.24, 2.45) is 11.3 Å². The number of rotatable bonds is 3. The zero-order valence-electron chi connectivity index (χ0n) is 10.3. The van der Waals surface area contributed by atoms with Crippen LogP contribution in [0, 0.1) is 11.3 Å². The van der Waals surface area contributed by atoms with E-state index in [0.717, 1.165) is 6.42 Å². The van der Waals surface area contributed by atoms with E-state index in [1.807, 2.05) is 0 Å². The van der Waals surface area contributed by atoms with Crippen LogP contribution in [0.25, 0.3) is 0 Å². The number of hydrogen-bond donors (Lipinski definition) is 1. The van der Waals surface area contributed by atoms with Crippen molar-refractivity contribution in [3.8, 4) is 0 Å². The fraction of sp³-hybridized carbons (Fsp3) is 0.833. The Labute approximate surface area is 101 Å². The van der Waals surface area contributed by atoms with Crippen molar-refractivity contribution < 1.29 is 19.4 Å².